The fourth-order valence-electron chi connectivity index (χ4n) is 4.03. The first kappa shape index (κ1) is 22.5. The van der Waals surface area contributed by atoms with Gasteiger partial charge in [-0.05, 0) is 74.2 Å². The molecule has 6 nitrogen and oxygen atoms in total. The van der Waals surface area contributed by atoms with E-state index >= 15 is 0 Å². The fourth-order valence-corrected chi connectivity index (χ4v) is 4.03. The molecule has 0 bridgehead atoms. The number of pyridine rings is 1. The number of aromatic nitrogens is 3. The number of nitrogens with zero attached hydrogens (tertiary/aromatic N) is 3. The standard InChI is InChI=1S/C27H30N4O2/c1-20-16-21(2)18-23(17-20)33-15-6-5-14-31-25-10-4-3-9-24(25)30-26(31)11-13-29-27(32)22-8-7-12-28-19-22/h3-4,7-10,12,16-19H,5-6,11,13-15H2,1-2H3,(H,29,32). The fraction of sp³-hybridized carbons (Fsp3) is 0.296. The summed E-state index contributed by atoms with van der Waals surface area (Å²) in [5.41, 5.74) is 5.11. The number of aryl methyl sites for hydroxylation is 3. The summed E-state index contributed by atoms with van der Waals surface area (Å²) in [5.74, 6) is 1.80. The van der Waals surface area contributed by atoms with Crippen molar-refractivity contribution >= 4 is 16.9 Å². The van der Waals surface area contributed by atoms with Gasteiger partial charge in [-0.1, -0.05) is 18.2 Å². The molecule has 0 aliphatic rings. The lowest BCUT2D eigenvalue weighted by molar-refractivity contribution is 0.0953. The van der Waals surface area contributed by atoms with Crippen LogP contribution in [0.5, 0.6) is 5.75 Å². The SMILES string of the molecule is Cc1cc(C)cc(OCCCCn2c(CCNC(=O)c3cccnc3)nc3ccccc32)c1. The van der Waals surface area contributed by atoms with E-state index in [-0.39, 0.29) is 5.91 Å². The molecular weight excluding hydrogens is 412 g/mol. The number of ether oxygens (including phenoxy) is 1. The van der Waals surface area contributed by atoms with Crippen LogP contribution in [-0.4, -0.2) is 33.6 Å². The maximum Gasteiger partial charge on any atom is 0.252 e. The molecule has 4 rings (SSSR count). The van der Waals surface area contributed by atoms with Gasteiger partial charge in [0.25, 0.3) is 5.91 Å². The molecule has 2 aromatic heterocycles. The van der Waals surface area contributed by atoms with Crippen molar-refractivity contribution in [3.63, 3.8) is 0 Å². The number of hydrogen-bond donors (Lipinski definition) is 1. The maximum atomic E-state index is 12.3. The number of nitrogens with one attached hydrogen (secondary N) is 1. The van der Waals surface area contributed by atoms with Crippen LogP contribution >= 0.6 is 0 Å². The first-order chi connectivity index (χ1) is 16.1. The lowest BCUT2D eigenvalue weighted by atomic mass is 10.1. The average molecular weight is 443 g/mol. The van der Waals surface area contributed by atoms with Gasteiger partial charge < -0.3 is 14.6 Å². The molecule has 2 heterocycles. The quantitative estimate of drug-likeness (QED) is 0.356. The molecule has 0 fully saturated rings. The minimum absolute atomic E-state index is 0.116. The number of carbonyl (C=O) groups is 1. The van der Waals surface area contributed by atoms with Crippen molar-refractivity contribution in [3.05, 3.63) is 89.5 Å². The molecule has 1 amide bonds. The number of unbranched alkanes of at least 4 members (excludes halogenated alkanes) is 1. The van der Waals surface area contributed by atoms with E-state index in [4.69, 9.17) is 9.72 Å². The topological polar surface area (TPSA) is 69.0 Å². The number of rotatable bonds is 10. The van der Waals surface area contributed by atoms with Gasteiger partial charge in [0, 0.05) is 31.9 Å². The summed E-state index contributed by atoms with van der Waals surface area (Å²) < 4.78 is 8.23. The third kappa shape index (κ3) is 5.98. The highest BCUT2D eigenvalue weighted by molar-refractivity contribution is 5.93. The molecule has 0 saturated carbocycles. The highest BCUT2D eigenvalue weighted by atomic mass is 16.5. The molecule has 0 spiro atoms. The van der Waals surface area contributed by atoms with Crippen LogP contribution in [0.2, 0.25) is 0 Å². The number of hydrogen-bond acceptors (Lipinski definition) is 4. The number of benzene rings is 2. The molecule has 0 saturated heterocycles. The first-order valence-corrected chi connectivity index (χ1v) is 11.4. The van der Waals surface area contributed by atoms with Crippen LogP contribution in [0, 0.1) is 13.8 Å². The molecule has 0 radical (unpaired) electrons. The van der Waals surface area contributed by atoms with Gasteiger partial charge >= 0.3 is 0 Å². The summed E-state index contributed by atoms with van der Waals surface area (Å²) in [6.07, 6.45) is 5.84. The molecule has 0 aliphatic heterocycles. The van der Waals surface area contributed by atoms with Crippen LogP contribution in [0.1, 0.15) is 40.2 Å². The molecule has 4 aromatic rings. The largest absolute Gasteiger partial charge is 0.494 e. The smallest absolute Gasteiger partial charge is 0.252 e. The van der Waals surface area contributed by atoms with Crippen molar-refractivity contribution < 1.29 is 9.53 Å². The average Bonchev–Trinajstić information content (AvgIpc) is 3.16. The van der Waals surface area contributed by atoms with E-state index in [1.54, 1.807) is 24.5 Å². The van der Waals surface area contributed by atoms with Crippen LogP contribution in [-0.2, 0) is 13.0 Å². The molecule has 0 atom stereocenters. The minimum atomic E-state index is -0.116. The number of amides is 1. The van der Waals surface area contributed by atoms with Crippen molar-refractivity contribution in [2.75, 3.05) is 13.2 Å². The van der Waals surface area contributed by atoms with Gasteiger partial charge in [0.15, 0.2) is 0 Å². The van der Waals surface area contributed by atoms with Crippen molar-refractivity contribution in [1.29, 1.82) is 0 Å². The van der Waals surface area contributed by atoms with E-state index < -0.39 is 0 Å². The zero-order chi connectivity index (χ0) is 23.0. The van der Waals surface area contributed by atoms with Gasteiger partial charge in [-0.3, -0.25) is 9.78 Å². The number of fused-ring (bicyclic) bond motifs is 1. The summed E-state index contributed by atoms with van der Waals surface area (Å²) in [6, 6.07) is 18.0. The zero-order valence-electron chi connectivity index (χ0n) is 19.3. The Bertz CT molecular complexity index is 1200. The lowest BCUT2D eigenvalue weighted by Gasteiger charge is -2.11. The Kier molecular flexibility index (Phi) is 7.35. The Balaban J connectivity index is 1.33. The van der Waals surface area contributed by atoms with Gasteiger partial charge in [0.05, 0.1) is 23.2 Å². The highest BCUT2D eigenvalue weighted by Crippen LogP contribution is 2.19. The second-order valence-electron chi connectivity index (χ2n) is 8.29. The van der Waals surface area contributed by atoms with Crippen molar-refractivity contribution in [3.8, 4) is 5.75 Å². The number of imidazole rings is 1. The van der Waals surface area contributed by atoms with Gasteiger partial charge in [-0.15, -0.1) is 0 Å². The van der Waals surface area contributed by atoms with Crippen LogP contribution in [0.4, 0.5) is 0 Å². The van der Waals surface area contributed by atoms with Gasteiger partial charge in [-0.2, -0.15) is 0 Å². The molecular formula is C27H30N4O2. The predicted octanol–water partition coefficient (Wildman–Crippen LogP) is 4.88. The van der Waals surface area contributed by atoms with E-state index in [0.29, 0.717) is 25.1 Å². The summed E-state index contributed by atoms with van der Waals surface area (Å²) in [7, 11) is 0. The Labute approximate surface area is 194 Å². The van der Waals surface area contributed by atoms with Crippen LogP contribution in [0.15, 0.2) is 67.0 Å². The number of carbonyl (C=O) groups excluding carboxylic acids is 1. The maximum absolute atomic E-state index is 12.3. The van der Waals surface area contributed by atoms with E-state index in [1.165, 1.54) is 11.1 Å². The Morgan fingerprint density at radius 1 is 1.03 bits per heavy atom. The van der Waals surface area contributed by atoms with Crippen LogP contribution < -0.4 is 10.1 Å². The van der Waals surface area contributed by atoms with Crippen molar-refractivity contribution in [2.24, 2.45) is 0 Å². The molecule has 2 aromatic carbocycles. The second-order valence-corrected chi connectivity index (χ2v) is 8.29. The van der Waals surface area contributed by atoms with Crippen LogP contribution in [0.25, 0.3) is 11.0 Å². The first-order valence-electron chi connectivity index (χ1n) is 11.4. The zero-order valence-corrected chi connectivity index (χ0v) is 19.3. The van der Waals surface area contributed by atoms with E-state index in [9.17, 15) is 4.79 Å². The molecule has 33 heavy (non-hydrogen) atoms. The van der Waals surface area contributed by atoms with E-state index in [2.05, 4.69) is 53.0 Å². The van der Waals surface area contributed by atoms with Crippen LogP contribution in [0.3, 0.4) is 0 Å². The highest BCUT2D eigenvalue weighted by Gasteiger charge is 2.11. The predicted molar refractivity (Wildman–Crippen MR) is 131 cm³/mol. The summed E-state index contributed by atoms with van der Waals surface area (Å²) in [4.78, 5) is 21.1. The van der Waals surface area contributed by atoms with Crippen molar-refractivity contribution in [2.45, 2.75) is 39.7 Å². The molecule has 0 unspecified atom stereocenters. The monoisotopic (exact) mass is 442 g/mol. The molecule has 6 heteroatoms. The number of para-hydroxylation sites is 2. The third-order valence-corrected chi connectivity index (χ3v) is 5.53. The summed E-state index contributed by atoms with van der Waals surface area (Å²) >= 11 is 0. The Morgan fingerprint density at radius 3 is 2.64 bits per heavy atom. The van der Waals surface area contributed by atoms with Crippen molar-refractivity contribution in [1.82, 2.24) is 19.9 Å². The third-order valence-electron chi connectivity index (χ3n) is 5.53. The molecule has 170 valence electrons. The Morgan fingerprint density at radius 2 is 1.85 bits per heavy atom. The molecule has 0 aliphatic carbocycles. The van der Waals surface area contributed by atoms with Gasteiger partial charge in [0.2, 0.25) is 0 Å². The normalized spacial score (nSPS) is 11.0. The Hall–Kier alpha value is -3.67. The second kappa shape index (κ2) is 10.8. The van der Waals surface area contributed by atoms with E-state index in [1.807, 2.05) is 18.2 Å². The summed E-state index contributed by atoms with van der Waals surface area (Å²) in [5, 5.41) is 2.97. The van der Waals surface area contributed by atoms with E-state index in [0.717, 1.165) is 42.0 Å². The molecule has 1 N–H and O–H groups in total. The van der Waals surface area contributed by atoms with Gasteiger partial charge in [-0.25, -0.2) is 4.98 Å². The lowest BCUT2D eigenvalue weighted by Crippen LogP contribution is -2.26. The minimum Gasteiger partial charge on any atom is -0.494 e. The van der Waals surface area contributed by atoms with Gasteiger partial charge in [0.1, 0.15) is 11.6 Å². The summed E-state index contributed by atoms with van der Waals surface area (Å²) in [6.45, 7) is 6.25.